The summed E-state index contributed by atoms with van der Waals surface area (Å²) in [5, 5.41) is 10.0. The molecule has 4 rings (SSSR count). The molecule has 0 radical (unpaired) electrons. The molecule has 1 aliphatic heterocycles. The van der Waals surface area contributed by atoms with Crippen LogP contribution in [0.25, 0.3) is 10.9 Å². The van der Waals surface area contributed by atoms with Gasteiger partial charge in [0.25, 0.3) is 0 Å². The number of piperidine rings is 1. The van der Waals surface area contributed by atoms with E-state index in [0.29, 0.717) is 31.4 Å². The molecule has 1 N–H and O–H groups in total. The Hall–Kier alpha value is -2.90. The number of benzene rings is 2. The topological polar surface area (TPSA) is 63.9 Å². The molecule has 0 bridgehead atoms. The third-order valence-electron chi connectivity index (χ3n) is 6.23. The van der Waals surface area contributed by atoms with Gasteiger partial charge in [-0.2, -0.15) is 0 Å². The highest BCUT2D eigenvalue weighted by molar-refractivity contribution is 5.90. The number of hydrogen-bond donors (Lipinski definition) is 1. The molecule has 0 spiro atoms. The number of methoxy groups -OCH3 is 1. The Kier molecular flexibility index (Phi) is 7.07. The first-order valence-electron chi connectivity index (χ1n) is 11.0. The number of aromatic carboxylic acids is 1. The minimum Gasteiger partial charge on any atom is -0.491 e. The summed E-state index contributed by atoms with van der Waals surface area (Å²) in [6.07, 6.45) is 3.99. The van der Waals surface area contributed by atoms with Crippen molar-refractivity contribution in [3.63, 3.8) is 0 Å². The smallest absolute Gasteiger partial charge is 0.339 e. The van der Waals surface area contributed by atoms with Crippen LogP contribution in [0.4, 0.5) is 4.39 Å². The summed E-state index contributed by atoms with van der Waals surface area (Å²) < 4.78 is 27.8. The first kappa shape index (κ1) is 22.3. The summed E-state index contributed by atoms with van der Waals surface area (Å²) >= 11 is 0. The van der Waals surface area contributed by atoms with Crippen LogP contribution in [0.3, 0.4) is 0 Å². The molecule has 1 saturated heterocycles. The Morgan fingerprint density at radius 2 is 1.88 bits per heavy atom. The number of likely N-dealkylation sites (tertiary alicyclic amines) is 1. The van der Waals surface area contributed by atoms with Crippen LogP contribution in [0.15, 0.2) is 48.7 Å². The van der Waals surface area contributed by atoms with Crippen molar-refractivity contribution in [3.05, 3.63) is 65.6 Å². The summed E-state index contributed by atoms with van der Waals surface area (Å²) in [5.74, 6) is -0.447. The summed E-state index contributed by atoms with van der Waals surface area (Å²) in [7, 11) is 1.67. The predicted octanol–water partition coefficient (Wildman–Crippen LogP) is 4.38. The van der Waals surface area contributed by atoms with Crippen LogP contribution in [0, 0.1) is 5.82 Å². The molecule has 7 heteroatoms. The van der Waals surface area contributed by atoms with Gasteiger partial charge in [-0.3, -0.25) is 4.90 Å². The van der Waals surface area contributed by atoms with Gasteiger partial charge in [0.1, 0.15) is 23.7 Å². The zero-order valence-electron chi connectivity index (χ0n) is 18.3. The van der Waals surface area contributed by atoms with Gasteiger partial charge in [-0.1, -0.05) is 18.2 Å². The Morgan fingerprint density at radius 3 is 2.62 bits per heavy atom. The number of nitrogens with zero attached hydrogens (tertiary/aromatic N) is 2. The van der Waals surface area contributed by atoms with Crippen molar-refractivity contribution in [2.24, 2.45) is 0 Å². The summed E-state index contributed by atoms with van der Waals surface area (Å²) in [6, 6.07) is 12.0. The summed E-state index contributed by atoms with van der Waals surface area (Å²) in [6.45, 7) is 4.24. The zero-order chi connectivity index (χ0) is 22.5. The number of para-hydroxylation sites is 1. The second kappa shape index (κ2) is 10.1. The van der Waals surface area contributed by atoms with E-state index in [0.717, 1.165) is 48.9 Å². The predicted molar refractivity (Wildman–Crippen MR) is 121 cm³/mol. The lowest BCUT2D eigenvalue weighted by atomic mass is 9.89. The van der Waals surface area contributed by atoms with E-state index in [2.05, 4.69) is 15.7 Å². The third-order valence-corrected chi connectivity index (χ3v) is 6.23. The van der Waals surface area contributed by atoms with Gasteiger partial charge in [0, 0.05) is 31.8 Å². The van der Waals surface area contributed by atoms with Gasteiger partial charge in [0.15, 0.2) is 0 Å². The van der Waals surface area contributed by atoms with E-state index in [9.17, 15) is 14.3 Å². The van der Waals surface area contributed by atoms with Crippen molar-refractivity contribution in [2.45, 2.75) is 25.3 Å². The third kappa shape index (κ3) is 4.79. The lowest BCUT2D eigenvalue weighted by molar-refractivity contribution is 0.0691. The number of hydrogen-bond acceptors (Lipinski definition) is 4. The Morgan fingerprint density at radius 1 is 1.09 bits per heavy atom. The van der Waals surface area contributed by atoms with Crippen LogP contribution in [-0.2, 0) is 11.3 Å². The molecule has 170 valence electrons. The number of aromatic nitrogens is 1. The van der Waals surface area contributed by atoms with Crippen LogP contribution in [0.5, 0.6) is 5.75 Å². The molecule has 0 unspecified atom stereocenters. The van der Waals surface area contributed by atoms with E-state index in [-0.39, 0.29) is 11.4 Å². The molecule has 0 atom stereocenters. The highest BCUT2D eigenvalue weighted by Crippen LogP contribution is 2.35. The maximum Gasteiger partial charge on any atom is 0.339 e. The maximum absolute atomic E-state index is 14.7. The fourth-order valence-electron chi connectivity index (χ4n) is 4.55. The fraction of sp³-hybridized carbons (Fsp3) is 0.400. The molecule has 2 heterocycles. The molecule has 2 aromatic carbocycles. The van der Waals surface area contributed by atoms with Gasteiger partial charge < -0.3 is 19.1 Å². The van der Waals surface area contributed by atoms with Crippen LogP contribution in [0.1, 0.15) is 34.7 Å². The van der Waals surface area contributed by atoms with Crippen molar-refractivity contribution in [1.29, 1.82) is 0 Å². The Bertz CT molecular complexity index is 1070. The first-order valence-corrected chi connectivity index (χ1v) is 11.0. The number of rotatable bonds is 9. The Balaban J connectivity index is 1.37. The number of halogens is 1. The van der Waals surface area contributed by atoms with Crippen molar-refractivity contribution in [3.8, 4) is 5.75 Å². The number of carbonyl (C=O) groups is 1. The summed E-state index contributed by atoms with van der Waals surface area (Å²) in [5.41, 5.74) is 2.18. The minimum atomic E-state index is -0.988. The second-order valence-electron chi connectivity index (χ2n) is 8.17. The molecular formula is C25H29FN2O4. The van der Waals surface area contributed by atoms with Crippen molar-refractivity contribution in [1.82, 2.24) is 9.47 Å². The quantitative estimate of drug-likeness (QED) is 0.535. The molecule has 1 aromatic heterocycles. The van der Waals surface area contributed by atoms with E-state index in [1.54, 1.807) is 37.4 Å². The molecule has 32 heavy (non-hydrogen) atoms. The van der Waals surface area contributed by atoms with Crippen LogP contribution >= 0.6 is 0 Å². The average molecular weight is 441 g/mol. The van der Waals surface area contributed by atoms with E-state index in [1.165, 1.54) is 6.07 Å². The number of fused-ring (bicyclic) bond motifs is 1. The number of ether oxygens (including phenoxy) is 2. The van der Waals surface area contributed by atoms with Crippen LogP contribution in [0.2, 0.25) is 0 Å². The molecule has 0 aliphatic carbocycles. The van der Waals surface area contributed by atoms with Gasteiger partial charge >= 0.3 is 5.97 Å². The maximum atomic E-state index is 14.7. The zero-order valence-corrected chi connectivity index (χ0v) is 18.3. The van der Waals surface area contributed by atoms with Gasteiger partial charge in [-0.05, 0) is 61.7 Å². The SMILES string of the molecule is COCCn1cc(C2CCN(CCOc3ccccc3C(=O)O)CC2)c2c(F)cccc21. The van der Waals surface area contributed by atoms with E-state index < -0.39 is 5.97 Å². The summed E-state index contributed by atoms with van der Waals surface area (Å²) in [4.78, 5) is 13.6. The molecule has 6 nitrogen and oxygen atoms in total. The van der Waals surface area contributed by atoms with E-state index in [4.69, 9.17) is 9.47 Å². The molecule has 1 fully saturated rings. The van der Waals surface area contributed by atoms with Crippen molar-refractivity contribution in [2.75, 3.05) is 40.0 Å². The molecular weight excluding hydrogens is 411 g/mol. The molecule has 0 saturated carbocycles. The highest BCUT2D eigenvalue weighted by Gasteiger charge is 2.25. The lowest BCUT2D eigenvalue weighted by Crippen LogP contribution is -2.36. The minimum absolute atomic E-state index is 0.165. The van der Waals surface area contributed by atoms with Crippen LogP contribution < -0.4 is 4.74 Å². The van der Waals surface area contributed by atoms with Gasteiger partial charge in [0.05, 0.1) is 12.1 Å². The molecule has 3 aromatic rings. The van der Waals surface area contributed by atoms with E-state index >= 15 is 0 Å². The molecule has 1 aliphatic rings. The normalized spacial score (nSPS) is 15.3. The number of carboxylic acid groups (broad SMARTS) is 1. The van der Waals surface area contributed by atoms with Gasteiger partial charge in [-0.25, -0.2) is 9.18 Å². The number of carboxylic acids is 1. The fourth-order valence-corrected chi connectivity index (χ4v) is 4.55. The molecule has 0 amide bonds. The highest BCUT2D eigenvalue weighted by atomic mass is 19.1. The largest absolute Gasteiger partial charge is 0.491 e. The van der Waals surface area contributed by atoms with Crippen LogP contribution in [-0.4, -0.2) is 60.5 Å². The standard InChI is InChI=1S/C25H29FN2O4/c1-31-15-14-28-17-20(24-21(26)6-4-7-22(24)28)18-9-11-27(12-10-18)13-16-32-23-8-3-2-5-19(23)25(29)30/h2-8,17-18H,9-16H2,1H3,(H,29,30). The van der Waals surface area contributed by atoms with E-state index in [1.807, 2.05) is 6.07 Å². The first-order chi connectivity index (χ1) is 15.6. The van der Waals surface area contributed by atoms with Gasteiger partial charge in [-0.15, -0.1) is 0 Å². The van der Waals surface area contributed by atoms with Crippen molar-refractivity contribution < 1.29 is 23.8 Å². The second-order valence-corrected chi connectivity index (χ2v) is 8.17. The van der Waals surface area contributed by atoms with Gasteiger partial charge in [0.2, 0.25) is 0 Å². The van der Waals surface area contributed by atoms with Crippen molar-refractivity contribution >= 4 is 16.9 Å². The Labute approximate surface area is 187 Å². The monoisotopic (exact) mass is 440 g/mol. The lowest BCUT2D eigenvalue weighted by Gasteiger charge is -2.31. The average Bonchev–Trinajstić information content (AvgIpc) is 3.18.